The lowest BCUT2D eigenvalue weighted by Gasteiger charge is -2.29. The van der Waals surface area contributed by atoms with Crippen LogP contribution in [0.1, 0.15) is 30.4 Å². The molecule has 0 bridgehead atoms. The van der Waals surface area contributed by atoms with Gasteiger partial charge in [-0.05, 0) is 11.1 Å². The molecule has 0 aliphatic heterocycles. The molecule has 2 aromatic rings. The van der Waals surface area contributed by atoms with Crippen LogP contribution < -0.4 is 21.3 Å². The monoisotopic (exact) mass is 662 g/mol. The van der Waals surface area contributed by atoms with Gasteiger partial charge < -0.3 is 30.9 Å². The van der Waals surface area contributed by atoms with Crippen molar-refractivity contribution in [3.05, 3.63) is 71.8 Å². The zero-order chi connectivity index (χ0) is 34.2. The molecule has 15 heteroatoms. The van der Waals surface area contributed by atoms with Crippen molar-refractivity contribution in [2.75, 3.05) is 46.0 Å². The third-order valence-corrected chi connectivity index (χ3v) is 7.86. The average molecular weight is 663 g/mol. The minimum Gasteiger partial charge on any atom is -0.480 e. The molecule has 14 nitrogen and oxygen atoms in total. The van der Waals surface area contributed by atoms with Crippen molar-refractivity contribution in [1.29, 1.82) is 0 Å². The van der Waals surface area contributed by atoms with Crippen molar-refractivity contribution in [2.24, 2.45) is 0 Å². The number of amides is 4. The molecule has 0 aromatic heterocycles. The first-order valence-electron chi connectivity index (χ1n) is 14.8. The number of carboxylic acids is 1. The molecule has 0 heterocycles. The summed E-state index contributed by atoms with van der Waals surface area (Å²) in [4.78, 5) is 62.1. The molecule has 46 heavy (non-hydrogen) atoms. The fraction of sp³-hybridized carbons (Fsp3) is 0.452. The van der Waals surface area contributed by atoms with Gasteiger partial charge >= 0.3 is 5.97 Å². The highest BCUT2D eigenvalue weighted by molar-refractivity contribution is 7.85. The summed E-state index contributed by atoms with van der Waals surface area (Å²) in [6, 6.07) is 15.6. The van der Waals surface area contributed by atoms with Crippen LogP contribution in [0.25, 0.3) is 0 Å². The van der Waals surface area contributed by atoms with Crippen LogP contribution in [0.4, 0.5) is 0 Å². The lowest BCUT2D eigenvalue weighted by atomic mass is 10.0. The van der Waals surface area contributed by atoms with Gasteiger partial charge in [-0.15, -0.1) is 0 Å². The Morgan fingerprint density at radius 2 is 1.22 bits per heavy atom. The molecule has 0 aliphatic rings. The van der Waals surface area contributed by atoms with Gasteiger partial charge in [0.15, 0.2) is 0 Å². The van der Waals surface area contributed by atoms with Gasteiger partial charge in [0.25, 0.3) is 10.1 Å². The van der Waals surface area contributed by atoms with Crippen LogP contribution in [-0.2, 0) is 46.9 Å². The number of carbonyl (C=O) groups is 5. The van der Waals surface area contributed by atoms with E-state index in [-0.39, 0.29) is 37.3 Å². The van der Waals surface area contributed by atoms with Crippen molar-refractivity contribution in [1.82, 2.24) is 21.3 Å². The quantitative estimate of drug-likeness (QED) is 0.0825. The number of hydrogen-bond acceptors (Lipinski definition) is 7. The van der Waals surface area contributed by atoms with Crippen LogP contribution in [0.5, 0.6) is 0 Å². The van der Waals surface area contributed by atoms with E-state index in [1.165, 1.54) is 0 Å². The first-order valence-corrected chi connectivity index (χ1v) is 16.5. The van der Waals surface area contributed by atoms with Crippen LogP contribution in [0, 0.1) is 0 Å². The predicted octanol–water partition coefficient (Wildman–Crippen LogP) is -0.107. The van der Waals surface area contributed by atoms with E-state index in [1.54, 1.807) is 54.6 Å². The van der Waals surface area contributed by atoms with Gasteiger partial charge in [0, 0.05) is 32.1 Å². The maximum atomic E-state index is 13.0. The number of benzene rings is 2. The number of carboxylic acid groups (broad SMARTS) is 1. The largest absolute Gasteiger partial charge is 0.480 e. The topological polar surface area (TPSA) is 208 Å². The number of aliphatic carboxylic acids is 1. The van der Waals surface area contributed by atoms with E-state index in [0.717, 1.165) is 11.1 Å². The van der Waals surface area contributed by atoms with Gasteiger partial charge in [0.05, 0.1) is 46.0 Å². The van der Waals surface area contributed by atoms with Gasteiger partial charge in [-0.2, -0.15) is 8.42 Å². The Kier molecular flexibility index (Phi) is 15.3. The molecule has 4 amide bonds. The maximum absolute atomic E-state index is 13.0. The van der Waals surface area contributed by atoms with E-state index in [4.69, 9.17) is 4.55 Å². The third kappa shape index (κ3) is 16.1. The molecule has 252 valence electrons. The van der Waals surface area contributed by atoms with E-state index < -0.39 is 59.0 Å². The Bertz CT molecular complexity index is 1420. The van der Waals surface area contributed by atoms with Gasteiger partial charge in [-0.25, -0.2) is 4.79 Å². The molecular weight excluding hydrogens is 618 g/mol. The minimum absolute atomic E-state index is 0.0639. The van der Waals surface area contributed by atoms with Gasteiger partial charge in [-0.1, -0.05) is 60.7 Å². The van der Waals surface area contributed by atoms with Gasteiger partial charge in [0.2, 0.25) is 23.6 Å². The van der Waals surface area contributed by atoms with Gasteiger partial charge in [-0.3, -0.25) is 23.7 Å². The molecule has 0 radical (unpaired) electrons. The van der Waals surface area contributed by atoms with E-state index in [0.29, 0.717) is 24.0 Å². The van der Waals surface area contributed by atoms with Crippen LogP contribution in [0.15, 0.2) is 60.7 Å². The number of quaternary nitrogens is 1. The molecule has 0 fully saturated rings. The van der Waals surface area contributed by atoms with Gasteiger partial charge in [0.1, 0.15) is 12.1 Å². The van der Waals surface area contributed by atoms with Crippen molar-refractivity contribution in [2.45, 2.75) is 44.2 Å². The number of nitrogens with one attached hydrogen (secondary N) is 4. The molecular formula is C31H44N5O9S+. The first-order chi connectivity index (χ1) is 21.6. The van der Waals surface area contributed by atoms with Crippen molar-refractivity contribution >= 4 is 39.7 Å². The second-order valence-electron chi connectivity index (χ2n) is 11.6. The average Bonchev–Trinajstić information content (AvgIpc) is 2.98. The molecule has 0 saturated carbocycles. The minimum atomic E-state index is -4.04. The number of carbonyl (C=O) groups excluding carboxylic acids is 4. The first kappa shape index (κ1) is 37.8. The maximum Gasteiger partial charge on any atom is 0.326 e. The predicted molar refractivity (Wildman–Crippen MR) is 170 cm³/mol. The molecule has 6 N–H and O–H groups in total. The molecule has 2 unspecified atom stereocenters. The zero-order valence-electron chi connectivity index (χ0n) is 26.1. The smallest absolute Gasteiger partial charge is 0.326 e. The second-order valence-corrected chi connectivity index (χ2v) is 13.2. The molecule has 2 aromatic carbocycles. The highest BCUT2D eigenvalue weighted by Gasteiger charge is 2.24. The van der Waals surface area contributed by atoms with E-state index in [1.807, 2.05) is 20.2 Å². The molecule has 0 spiro atoms. The summed E-state index contributed by atoms with van der Waals surface area (Å²) in [6.07, 6.45) is 1.07. The van der Waals surface area contributed by atoms with Crippen molar-refractivity contribution in [3.63, 3.8) is 0 Å². The lowest BCUT2D eigenvalue weighted by Crippen LogP contribution is -2.51. The summed E-state index contributed by atoms with van der Waals surface area (Å²) >= 11 is 0. The summed E-state index contributed by atoms with van der Waals surface area (Å²) in [5.41, 5.74) is 1.50. The third-order valence-electron chi connectivity index (χ3n) is 7.05. The molecule has 0 saturated heterocycles. The Labute approximate surface area is 269 Å². The lowest BCUT2D eigenvalue weighted by molar-refractivity contribution is -0.890. The number of hydrogen-bond donors (Lipinski definition) is 6. The number of rotatable bonds is 20. The fourth-order valence-corrected chi connectivity index (χ4v) is 5.10. The SMILES string of the molecule is C[N+](C)(CCCC(=O)NC(Cc1ccccc1)C(=O)NCC(=O)NCC(=O)NC(Cc1ccccc1)C(=O)O)CCCS(=O)(=O)O. The normalized spacial score (nSPS) is 12.8. The van der Waals surface area contributed by atoms with Crippen LogP contribution in [0.2, 0.25) is 0 Å². The second kappa shape index (κ2) is 18.6. The Balaban J connectivity index is 1.85. The van der Waals surface area contributed by atoms with Crippen LogP contribution in [-0.4, -0.2) is 110 Å². The van der Waals surface area contributed by atoms with E-state index >= 15 is 0 Å². The van der Waals surface area contributed by atoms with Crippen LogP contribution >= 0.6 is 0 Å². The highest BCUT2D eigenvalue weighted by atomic mass is 32.2. The molecule has 2 rings (SSSR count). The summed E-state index contributed by atoms with van der Waals surface area (Å²) in [6.45, 7) is 0.0661. The highest BCUT2D eigenvalue weighted by Crippen LogP contribution is 2.07. The summed E-state index contributed by atoms with van der Waals surface area (Å²) in [5, 5.41) is 19.4. The summed E-state index contributed by atoms with van der Waals surface area (Å²) < 4.78 is 31.3. The van der Waals surface area contributed by atoms with Crippen LogP contribution in [0.3, 0.4) is 0 Å². The summed E-state index contributed by atoms with van der Waals surface area (Å²) in [5.74, 6) is -3.93. The Morgan fingerprint density at radius 1 is 0.717 bits per heavy atom. The van der Waals surface area contributed by atoms with E-state index in [9.17, 15) is 37.5 Å². The molecule has 0 aliphatic carbocycles. The van der Waals surface area contributed by atoms with Crippen molar-refractivity contribution in [3.8, 4) is 0 Å². The zero-order valence-corrected chi connectivity index (χ0v) is 26.9. The Hall–Kier alpha value is -4.34. The van der Waals surface area contributed by atoms with Crippen molar-refractivity contribution < 1.29 is 46.5 Å². The summed E-state index contributed by atoms with van der Waals surface area (Å²) in [7, 11) is -0.264. The standard InChI is InChI=1S/C31H43N5O9S/c1-36(2,17-10-18-46(43,44)45)16-9-15-27(37)34-25(19-23-11-5-3-6-12-23)30(40)33-21-28(38)32-22-29(39)35-26(31(41)42)20-24-13-7-4-8-14-24/h3-8,11-14,25-26H,9-10,15-22H2,1-2H3,(H5-,32,33,34,35,37,38,39,40,41,42,43,44,45)/p+1. The number of nitrogens with zero attached hydrogens (tertiary/aromatic N) is 1. The van der Waals surface area contributed by atoms with E-state index in [2.05, 4.69) is 21.3 Å². The molecule has 2 atom stereocenters. The Morgan fingerprint density at radius 3 is 1.76 bits per heavy atom. The fourth-order valence-electron chi connectivity index (χ4n) is 4.61.